The fraction of sp³-hybridized carbons (Fsp3) is 0.333. The first-order valence-corrected chi connectivity index (χ1v) is 7.55. The predicted molar refractivity (Wildman–Crippen MR) is 77.1 cm³/mol. The van der Waals surface area contributed by atoms with Crippen LogP contribution in [0.4, 0.5) is 13.2 Å². The second-order valence-corrected chi connectivity index (χ2v) is 5.49. The van der Waals surface area contributed by atoms with Crippen LogP contribution in [0.1, 0.15) is 23.8 Å². The number of furan rings is 1. The fourth-order valence-electron chi connectivity index (χ4n) is 1.85. The van der Waals surface area contributed by atoms with Crippen LogP contribution in [0.3, 0.4) is 0 Å². The number of benzene rings is 1. The number of rotatable bonds is 6. The van der Waals surface area contributed by atoms with E-state index < -0.39 is 11.7 Å². The van der Waals surface area contributed by atoms with Crippen molar-refractivity contribution in [1.82, 2.24) is 5.32 Å². The minimum Gasteiger partial charge on any atom is -0.468 e. The Kier molecular flexibility index (Phi) is 5.36. The zero-order chi connectivity index (χ0) is 15.3. The van der Waals surface area contributed by atoms with E-state index in [0.29, 0.717) is 23.6 Å². The van der Waals surface area contributed by atoms with Crippen molar-refractivity contribution in [3.63, 3.8) is 0 Å². The van der Waals surface area contributed by atoms with Crippen LogP contribution in [0, 0.1) is 0 Å². The maximum atomic E-state index is 13.2. The third-order valence-electron chi connectivity index (χ3n) is 2.88. The first kappa shape index (κ1) is 16.0. The number of halogens is 3. The van der Waals surface area contributed by atoms with Gasteiger partial charge in [-0.1, -0.05) is 13.0 Å². The summed E-state index contributed by atoms with van der Waals surface area (Å²) in [6.07, 6.45) is -2.84. The summed E-state index contributed by atoms with van der Waals surface area (Å²) in [5, 5.41) is 3.03. The zero-order valence-corrected chi connectivity index (χ0v) is 12.4. The highest BCUT2D eigenvalue weighted by atomic mass is 32.2. The summed E-state index contributed by atoms with van der Waals surface area (Å²) in [7, 11) is 0. The van der Waals surface area contributed by atoms with Crippen LogP contribution >= 0.6 is 11.8 Å². The van der Waals surface area contributed by atoms with Gasteiger partial charge in [0.05, 0.1) is 17.6 Å². The Hall–Kier alpha value is -1.40. The van der Waals surface area contributed by atoms with Gasteiger partial charge in [0.25, 0.3) is 0 Å². The molecular formula is C15H16F3NOS. The lowest BCUT2D eigenvalue weighted by Crippen LogP contribution is -2.13. The predicted octanol–water partition coefficient (Wildman–Crippen LogP) is 4.70. The van der Waals surface area contributed by atoms with E-state index in [9.17, 15) is 13.2 Å². The maximum Gasteiger partial charge on any atom is 0.417 e. The second-order valence-electron chi connectivity index (χ2n) is 4.48. The largest absolute Gasteiger partial charge is 0.468 e. The van der Waals surface area contributed by atoms with Crippen LogP contribution in [0.2, 0.25) is 0 Å². The lowest BCUT2D eigenvalue weighted by Gasteiger charge is -2.14. The van der Waals surface area contributed by atoms with Crippen LogP contribution < -0.4 is 5.32 Å². The molecule has 6 heteroatoms. The molecule has 0 radical (unpaired) electrons. The SMILES string of the molecule is CCNCc1ccc(SCc2ccco2)c(C(F)(F)F)c1. The normalized spacial score (nSPS) is 11.8. The van der Waals surface area contributed by atoms with Gasteiger partial charge in [-0.3, -0.25) is 0 Å². The number of nitrogens with one attached hydrogen (secondary N) is 1. The van der Waals surface area contributed by atoms with Crippen molar-refractivity contribution < 1.29 is 17.6 Å². The number of alkyl halides is 3. The van der Waals surface area contributed by atoms with E-state index in [0.717, 1.165) is 18.3 Å². The molecule has 2 nitrogen and oxygen atoms in total. The van der Waals surface area contributed by atoms with E-state index in [-0.39, 0.29) is 4.90 Å². The standard InChI is InChI=1S/C15H16F3NOS/c1-2-19-9-11-5-6-14(13(8-11)15(16,17)18)21-10-12-4-3-7-20-12/h3-8,19H,2,9-10H2,1H3. The summed E-state index contributed by atoms with van der Waals surface area (Å²) in [6.45, 7) is 3.07. The molecule has 0 unspecified atom stereocenters. The van der Waals surface area contributed by atoms with Gasteiger partial charge < -0.3 is 9.73 Å². The molecule has 0 saturated heterocycles. The molecule has 1 heterocycles. The highest BCUT2D eigenvalue weighted by Gasteiger charge is 2.33. The van der Waals surface area contributed by atoms with E-state index >= 15 is 0 Å². The van der Waals surface area contributed by atoms with E-state index in [1.165, 1.54) is 18.4 Å². The van der Waals surface area contributed by atoms with Gasteiger partial charge in [0.2, 0.25) is 0 Å². The fourth-order valence-corrected chi connectivity index (χ4v) is 2.80. The summed E-state index contributed by atoms with van der Waals surface area (Å²) in [5.41, 5.74) is 0.0426. The smallest absolute Gasteiger partial charge is 0.417 e. The maximum absolute atomic E-state index is 13.2. The van der Waals surface area contributed by atoms with Crippen molar-refractivity contribution in [1.29, 1.82) is 0 Å². The molecule has 0 spiro atoms. The van der Waals surface area contributed by atoms with Crippen molar-refractivity contribution >= 4 is 11.8 Å². The quantitative estimate of drug-likeness (QED) is 0.782. The molecule has 0 fully saturated rings. The van der Waals surface area contributed by atoms with Gasteiger partial charge in [0.1, 0.15) is 5.76 Å². The molecule has 0 amide bonds. The number of thioether (sulfide) groups is 1. The molecule has 0 aliphatic carbocycles. The molecule has 0 bridgehead atoms. The second kappa shape index (κ2) is 7.04. The van der Waals surface area contributed by atoms with E-state index in [2.05, 4.69) is 5.32 Å². The molecule has 0 saturated carbocycles. The van der Waals surface area contributed by atoms with Crippen molar-refractivity contribution in [2.24, 2.45) is 0 Å². The Morgan fingerprint density at radius 1 is 1.24 bits per heavy atom. The van der Waals surface area contributed by atoms with Crippen LogP contribution in [-0.2, 0) is 18.5 Å². The van der Waals surface area contributed by atoms with E-state index in [4.69, 9.17) is 4.42 Å². The van der Waals surface area contributed by atoms with Gasteiger partial charge in [-0.05, 0) is 36.4 Å². The molecule has 1 aromatic heterocycles. The Bertz CT molecular complexity index is 567. The Balaban J connectivity index is 2.18. The topological polar surface area (TPSA) is 25.2 Å². The van der Waals surface area contributed by atoms with Crippen LogP contribution in [0.5, 0.6) is 0 Å². The molecule has 0 atom stereocenters. The van der Waals surface area contributed by atoms with Gasteiger partial charge in [-0.15, -0.1) is 11.8 Å². The lowest BCUT2D eigenvalue weighted by atomic mass is 10.1. The first-order chi connectivity index (χ1) is 10.0. The summed E-state index contributed by atoms with van der Waals surface area (Å²) < 4.78 is 44.6. The minimum absolute atomic E-state index is 0.221. The third kappa shape index (κ3) is 4.54. The molecule has 114 valence electrons. The van der Waals surface area contributed by atoms with Crippen LogP contribution in [0.25, 0.3) is 0 Å². The van der Waals surface area contributed by atoms with Gasteiger partial charge in [-0.25, -0.2) is 0 Å². The summed E-state index contributed by atoms with van der Waals surface area (Å²) >= 11 is 1.13. The van der Waals surface area contributed by atoms with Crippen molar-refractivity contribution in [3.05, 3.63) is 53.5 Å². The summed E-state index contributed by atoms with van der Waals surface area (Å²) in [6, 6.07) is 7.94. The molecular weight excluding hydrogens is 299 g/mol. The molecule has 2 rings (SSSR count). The summed E-state index contributed by atoms with van der Waals surface area (Å²) in [4.78, 5) is 0.221. The van der Waals surface area contributed by atoms with Crippen molar-refractivity contribution in [2.75, 3.05) is 6.54 Å². The lowest BCUT2D eigenvalue weighted by molar-refractivity contribution is -0.139. The molecule has 0 aliphatic rings. The third-order valence-corrected chi connectivity index (χ3v) is 3.97. The average Bonchev–Trinajstić information content (AvgIpc) is 2.95. The van der Waals surface area contributed by atoms with Gasteiger partial charge in [-0.2, -0.15) is 13.2 Å². The highest BCUT2D eigenvalue weighted by Crippen LogP contribution is 2.38. The number of hydrogen-bond donors (Lipinski definition) is 1. The van der Waals surface area contributed by atoms with Gasteiger partial charge in [0, 0.05) is 11.4 Å². The number of hydrogen-bond acceptors (Lipinski definition) is 3. The average molecular weight is 315 g/mol. The summed E-state index contributed by atoms with van der Waals surface area (Å²) in [5.74, 6) is 1.03. The molecule has 1 N–H and O–H groups in total. The molecule has 2 aromatic rings. The van der Waals surface area contributed by atoms with Crippen LogP contribution in [-0.4, -0.2) is 6.54 Å². The van der Waals surface area contributed by atoms with Gasteiger partial charge in [0.15, 0.2) is 0 Å². The molecule has 0 aliphatic heterocycles. The Morgan fingerprint density at radius 3 is 2.67 bits per heavy atom. The molecule has 21 heavy (non-hydrogen) atoms. The Labute approximate surface area is 125 Å². The minimum atomic E-state index is -4.35. The van der Waals surface area contributed by atoms with Crippen LogP contribution in [0.15, 0.2) is 45.9 Å². The van der Waals surface area contributed by atoms with E-state index in [1.54, 1.807) is 18.2 Å². The molecule has 1 aromatic carbocycles. The van der Waals surface area contributed by atoms with Crippen molar-refractivity contribution in [3.8, 4) is 0 Å². The monoisotopic (exact) mass is 315 g/mol. The van der Waals surface area contributed by atoms with Gasteiger partial charge >= 0.3 is 6.18 Å². The zero-order valence-electron chi connectivity index (χ0n) is 11.5. The van der Waals surface area contributed by atoms with E-state index in [1.807, 2.05) is 6.92 Å². The first-order valence-electron chi connectivity index (χ1n) is 6.56. The highest BCUT2D eigenvalue weighted by molar-refractivity contribution is 7.98. The van der Waals surface area contributed by atoms with Crippen molar-refractivity contribution in [2.45, 2.75) is 30.3 Å². The Morgan fingerprint density at radius 2 is 2.05 bits per heavy atom.